The largest absolute Gasteiger partial charge is 0.494 e. The van der Waals surface area contributed by atoms with E-state index < -0.39 is 11.5 Å². The van der Waals surface area contributed by atoms with Crippen LogP contribution in [0.25, 0.3) is 16.6 Å². The highest BCUT2D eigenvalue weighted by Gasteiger charge is 2.20. The van der Waals surface area contributed by atoms with Crippen LogP contribution in [0.4, 0.5) is 10.1 Å². The molecule has 8 nitrogen and oxygen atoms in total. The van der Waals surface area contributed by atoms with Crippen molar-refractivity contribution in [3.05, 3.63) is 76.6 Å². The molecular weight excluding hydrogens is 425 g/mol. The van der Waals surface area contributed by atoms with Crippen LogP contribution in [0.1, 0.15) is 32.4 Å². The first kappa shape index (κ1) is 22.2. The molecule has 0 aliphatic carbocycles. The van der Waals surface area contributed by atoms with Crippen LogP contribution in [0.5, 0.6) is 5.75 Å². The van der Waals surface area contributed by atoms with Gasteiger partial charge in [-0.2, -0.15) is 10.2 Å². The van der Waals surface area contributed by atoms with Gasteiger partial charge in [-0.25, -0.2) is 13.8 Å². The van der Waals surface area contributed by atoms with Gasteiger partial charge in [0.1, 0.15) is 23.6 Å². The van der Waals surface area contributed by atoms with Crippen molar-refractivity contribution in [2.45, 2.75) is 33.2 Å². The zero-order valence-electron chi connectivity index (χ0n) is 18.6. The highest BCUT2D eigenvalue weighted by Crippen LogP contribution is 2.23. The molecule has 9 heteroatoms. The summed E-state index contributed by atoms with van der Waals surface area (Å²) in [4.78, 5) is 26.0. The van der Waals surface area contributed by atoms with Gasteiger partial charge in [0.15, 0.2) is 0 Å². The third kappa shape index (κ3) is 4.62. The van der Waals surface area contributed by atoms with Crippen molar-refractivity contribution >= 4 is 22.5 Å². The third-order valence-corrected chi connectivity index (χ3v) is 5.07. The van der Waals surface area contributed by atoms with Crippen molar-refractivity contribution in [1.29, 1.82) is 0 Å². The lowest BCUT2D eigenvalue weighted by Crippen LogP contribution is -2.31. The van der Waals surface area contributed by atoms with E-state index in [0.717, 1.165) is 4.68 Å². The maximum absolute atomic E-state index is 13.4. The van der Waals surface area contributed by atoms with Gasteiger partial charge in [-0.3, -0.25) is 9.59 Å². The van der Waals surface area contributed by atoms with Gasteiger partial charge in [0, 0.05) is 11.1 Å². The fourth-order valence-corrected chi connectivity index (χ4v) is 3.54. The number of amides is 1. The highest BCUT2D eigenvalue weighted by molar-refractivity contribution is 5.91. The lowest BCUT2D eigenvalue weighted by molar-refractivity contribution is -0.117. The standard InChI is InChI=1S/C24H24FN5O3/c1-4-33-19-11-7-17(8-12-19)27-21(31)14-29-24(32)23-20(22(28-29)15(2)3)13-26-30(23)18-9-5-16(25)6-10-18/h5-13,15H,4,14H2,1-3H3,(H,27,31). The maximum atomic E-state index is 13.4. The van der Waals surface area contributed by atoms with Gasteiger partial charge in [0.2, 0.25) is 5.91 Å². The average Bonchev–Trinajstić information content (AvgIpc) is 3.23. The number of fused-ring (bicyclic) bond motifs is 1. The second kappa shape index (κ2) is 9.23. The number of nitrogens with one attached hydrogen (secondary N) is 1. The Morgan fingerprint density at radius 1 is 1.12 bits per heavy atom. The van der Waals surface area contributed by atoms with Gasteiger partial charge in [0.25, 0.3) is 5.56 Å². The summed E-state index contributed by atoms with van der Waals surface area (Å²) >= 11 is 0. The molecule has 2 heterocycles. The number of anilines is 1. The number of rotatable bonds is 7. The van der Waals surface area contributed by atoms with Crippen LogP contribution in [0, 0.1) is 5.82 Å². The number of hydrogen-bond donors (Lipinski definition) is 1. The number of aromatic nitrogens is 4. The molecule has 0 atom stereocenters. The Labute approximate surface area is 189 Å². The van der Waals surface area contributed by atoms with Crippen LogP contribution in [-0.2, 0) is 11.3 Å². The van der Waals surface area contributed by atoms with Crippen LogP contribution in [0.15, 0.2) is 59.5 Å². The van der Waals surface area contributed by atoms with Gasteiger partial charge >= 0.3 is 0 Å². The quantitative estimate of drug-likeness (QED) is 0.462. The molecule has 0 fully saturated rings. The maximum Gasteiger partial charge on any atom is 0.293 e. The van der Waals surface area contributed by atoms with Crippen molar-refractivity contribution < 1.29 is 13.9 Å². The van der Waals surface area contributed by atoms with Gasteiger partial charge in [-0.15, -0.1) is 0 Å². The monoisotopic (exact) mass is 449 g/mol. The molecular formula is C24H24FN5O3. The topological polar surface area (TPSA) is 91.0 Å². The van der Waals surface area contributed by atoms with Crippen molar-refractivity contribution in [3.8, 4) is 11.4 Å². The lowest BCUT2D eigenvalue weighted by atomic mass is 10.1. The number of halogens is 1. The van der Waals surface area contributed by atoms with E-state index in [2.05, 4.69) is 15.5 Å². The molecule has 1 amide bonds. The van der Waals surface area contributed by atoms with Gasteiger partial charge in [0.05, 0.1) is 24.2 Å². The number of carbonyl (C=O) groups excluding carboxylic acids is 1. The summed E-state index contributed by atoms with van der Waals surface area (Å²) in [5.41, 5.74) is 1.59. The molecule has 0 unspecified atom stereocenters. The summed E-state index contributed by atoms with van der Waals surface area (Å²) in [6, 6.07) is 12.7. The molecule has 0 bridgehead atoms. The molecule has 1 N–H and O–H groups in total. The Morgan fingerprint density at radius 2 is 1.82 bits per heavy atom. The first-order valence-corrected chi connectivity index (χ1v) is 10.6. The minimum absolute atomic E-state index is 0.0145. The van der Waals surface area contributed by atoms with Crippen LogP contribution in [0.2, 0.25) is 0 Å². The fourth-order valence-electron chi connectivity index (χ4n) is 3.54. The van der Waals surface area contributed by atoms with E-state index in [-0.39, 0.29) is 23.8 Å². The molecule has 4 aromatic rings. The molecule has 0 aliphatic heterocycles. The summed E-state index contributed by atoms with van der Waals surface area (Å²) < 4.78 is 21.4. The molecule has 0 saturated heterocycles. The molecule has 33 heavy (non-hydrogen) atoms. The summed E-state index contributed by atoms with van der Waals surface area (Å²) in [5, 5.41) is 12.2. The lowest BCUT2D eigenvalue weighted by Gasteiger charge is -2.12. The van der Waals surface area contributed by atoms with Gasteiger partial charge < -0.3 is 10.1 Å². The molecule has 0 radical (unpaired) electrons. The summed E-state index contributed by atoms with van der Waals surface area (Å²) in [6.07, 6.45) is 1.58. The Balaban J connectivity index is 1.69. The molecule has 0 spiro atoms. The van der Waals surface area contributed by atoms with E-state index in [1.807, 2.05) is 20.8 Å². The first-order valence-electron chi connectivity index (χ1n) is 10.6. The molecule has 170 valence electrons. The zero-order chi connectivity index (χ0) is 23.5. The second-order valence-corrected chi connectivity index (χ2v) is 7.80. The van der Waals surface area contributed by atoms with E-state index >= 15 is 0 Å². The summed E-state index contributed by atoms with van der Waals surface area (Å²) in [6.45, 7) is 6.08. The summed E-state index contributed by atoms with van der Waals surface area (Å²) in [7, 11) is 0. The van der Waals surface area contributed by atoms with E-state index in [4.69, 9.17) is 4.74 Å². The Morgan fingerprint density at radius 3 is 2.45 bits per heavy atom. The first-order chi connectivity index (χ1) is 15.9. The van der Waals surface area contributed by atoms with E-state index in [0.29, 0.717) is 34.8 Å². The SMILES string of the molecule is CCOc1ccc(NC(=O)Cn2nc(C(C)C)c3cnn(-c4ccc(F)cc4)c3c2=O)cc1. The number of ether oxygens (including phenoxy) is 1. The number of hydrogen-bond acceptors (Lipinski definition) is 5. The van der Waals surface area contributed by atoms with Crippen molar-refractivity contribution in [3.63, 3.8) is 0 Å². The molecule has 2 aromatic heterocycles. The Bertz CT molecular complexity index is 1340. The third-order valence-electron chi connectivity index (χ3n) is 5.07. The minimum Gasteiger partial charge on any atom is -0.494 e. The fraction of sp³-hybridized carbons (Fsp3) is 0.250. The van der Waals surface area contributed by atoms with Crippen molar-refractivity contribution in [2.24, 2.45) is 0 Å². The number of benzene rings is 2. The van der Waals surface area contributed by atoms with E-state index in [1.165, 1.54) is 16.8 Å². The van der Waals surface area contributed by atoms with Crippen molar-refractivity contribution in [1.82, 2.24) is 19.6 Å². The van der Waals surface area contributed by atoms with Gasteiger partial charge in [-0.05, 0) is 61.4 Å². The van der Waals surface area contributed by atoms with Gasteiger partial charge in [-0.1, -0.05) is 13.8 Å². The smallest absolute Gasteiger partial charge is 0.293 e. The van der Waals surface area contributed by atoms with E-state index in [1.54, 1.807) is 42.6 Å². The van der Waals surface area contributed by atoms with Crippen LogP contribution in [-0.4, -0.2) is 32.1 Å². The van der Waals surface area contributed by atoms with Crippen molar-refractivity contribution in [2.75, 3.05) is 11.9 Å². The van der Waals surface area contributed by atoms with E-state index in [9.17, 15) is 14.0 Å². The second-order valence-electron chi connectivity index (χ2n) is 7.80. The zero-order valence-corrected chi connectivity index (χ0v) is 18.6. The normalized spacial score (nSPS) is 11.2. The average molecular weight is 449 g/mol. The Hall–Kier alpha value is -4.01. The number of carbonyl (C=O) groups is 1. The minimum atomic E-state index is -0.460. The van der Waals surface area contributed by atoms with Crippen LogP contribution < -0.4 is 15.6 Å². The summed E-state index contributed by atoms with van der Waals surface area (Å²) in [5.74, 6) is -0.0901. The predicted octanol–water partition coefficient (Wildman–Crippen LogP) is 3.88. The molecule has 4 rings (SSSR count). The molecule has 0 saturated carbocycles. The molecule has 0 aliphatic rings. The van der Waals surface area contributed by atoms with Crippen LogP contribution >= 0.6 is 0 Å². The Kier molecular flexibility index (Phi) is 6.21. The molecule has 2 aromatic carbocycles. The van der Waals surface area contributed by atoms with Crippen LogP contribution in [0.3, 0.4) is 0 Å². The number of nitrogens with zero attached hydrogens (tertiary/aromatic N) is 4. The predicted molar refractivity (Wildman–Crippen MR) is 123 cm³/mol. The highest BCUT2D eigenvalue weighted by atomic mass is 19.1.